The van der Waals surface area contributed by atoms with Crippen molar-refractivity contribution >= 4 is 32.2 Å². The smallest absolute Gasteiger partial charge is 0.230 e. The molecule has 2 heterocycles. The minimum Gasteiger partial charge on any atom is -0.302 e. The maximum Gasteiger partial charge on any atom is 0.230 e. The van der Waals surface area contributed by atoms with Gasteiger partial charge in [0.25, 0.3) is 0 Å². The number of sulfone groups is 1. The first kappa shape index (κ1) is 17.0. The number of hydrogen-bond donors (Lipinski definition) is 1. The Morgan fingerprint density at radius 3 is 2.71 bits per heavy atom. The van der Waals surface area contributed by atoms with Crippen molar-refractivity contribution < 1.29 is 22.0 Å². The minimum atomic E-state index is -3.14. The van der Waals surface area contributed by atoms with E-state index in [0.717, 1.165) is 17.0 Å². The predicted octanol–water partition coefficient (Wildman–Crippen LogP) is 2.77. The number of carbonyl (C=O) groups excluding carboxylic acids is 1. The van der Waals surface area contributed by atoms with E-state index in [0.29, 0.717) is 22.8 Å². The number of carbonyl (C=O) groups is 1. The van der Waals surface area contributed by atoms with Crippen molar-refractivity contribution in [1.29, 1.82) is 0 Å². The topological polar surface area (TPSA) is 76.1 Å². The lowest BCUT2D eigenvalue weighted by Crippen LogP contribution is -2.23. The molecule has 1 aromatic carbocycles. The van der Waals surface area contributed by atoms with Gasteiger partial charge in [-0.1, -0.05) is 0 Å². The van der Waals surface area contributed by atoms with E-state index in [1.54, 1.807) is 6.92 Å². The summed E-state index contributed by atoms with van der Waals surface area (Å²) in [5.74, 6) is -3.02. The summed E-state index contributed by atoms with van der Waals surface area (Å²) in [6.07, 6.45) is 0.300. The quantitative estimate of drug-likeness (QED) is 0.899. The Hall–Kier alpha value is -1.87. The number of aryl methyl sites for hydroxylation is 1. The van der Waals surface area contributed by atoms with E-state index in [-0.39, 0.29) is 17.4 Å². The highest BCUT2D eigenvalue weighted by molar-refractivity contribution is 7.91. The standard InChI is InChI=1S/C15H14F2N2O3S2/c1-8-13(9-2-3-11(16)12(17)6-9)18-15(23-8)19-14(20)10-4-5-24(21,22)7-10/h2-3,6,10H,4-5,7H2,1H3,(H,18,19,20)/t10-/m1/s1. The molecule has 1 aliphatic heterocycles. The van der Waals surface area contributed by atoms with Crippen molar-refractivity contribution in [2.45, 2.75) is 13.3 Å². The molecule has 1 aliphatic rings. The van der Waals surface area contributed by atoms with Crippen LogP contribution < -0.4 is 5.32 Å². The molecule has 0 spiro atoms. The SMILES string of the molecule is Cc1sc(NC(=O)[C@@H]2CCS(=O)(=O)C2)nc1-c1ccc(F)c(F)c1. The van der Waals surface area contributed by atoms with Crippen molar-refractivity contribution in [1.82, 2.24) is 4.98 Å². The van der Waals surface area contributed by atoms with Gasteiger partial charge in [-0.3, -0.25) is 4.79 Å². The van der Waals surface area contributed by atoms with E-state index in [2.05, 4.69) is 10.3 Å². The summed E-state index contributed by atoms with van der Waals surface area (Å²) in [7, 11) is -3.14. The summed E-state index contributed by atoms with van der Waals surface area (Å²) in [4.78, 5) is 17.1. The molecule has 24 heavy (non-hydrogen) atoms. The van der Waals surface area contributed by atoms with Gasteiger partial charge in [0.15, 0.2) is 26.6 Å². The third-order valence-electron chi connectivity index (χ3n) is 3.82. The third kappa shape index (κ3) is 3.46. The Balaban J connectivity index is 1.79. The van der Waals surface area contributed by atoms with Gasteiger partial charge in [-0.15, -0.1) is 11.3 Å². The summed E-state index contributed by atoms with van der Waals surface area (Å²) >= 11 is 1.20. The van der Waals surface area contributed by atoms with E-state index in [1.807, 2.05) is 0 Å². The Bertz CT molecular complexity index is 909. The first-order valence-corrected chi connectivity index (χ1v) is 9.83. The van der Waals surface area contributed by atoms with E-state index < -0.39 is 27.4 Å². The highest BCUT2D eigenvalue weighted by Gasteiger charge is 2.33. The van der Waals surface area contributed by atoms with Crippen molar-refractivity contribution in [3.63, 3.8) is 0 Å². The molecular formula is C15H14F2N2O3S2. The van der Waals surface area contributed by atoms with Crippen LogP contribution in [0.15, 0.2) is 18.2 Å². The largest absolute Gasteiger partial charge is 0.302 e. The zero-order valence-corrected chi connectivity index (χ0v) is 14.3. The summed E-state index contributed by atoms with van der Waals surface area (Å²) in [6, 6.07) is 3.48. The van der Waals surface area contributed by atoms with Crippen LogP contribution in [0.4, 0.5) is 13.9 Å². The van der Waals surface area contributed by atoms with Gasteiger partial charge in [0.2, 0.25) is 5.91 Å². The van der Waals surface area contributed by atoms with Gasteiger partial charge in [-0.2, -0.15) is 0 Å². The Labute approximate surface area is 141 Å². The molecule has 128 valence electrons. The monoisotopic (exact) mass is 372 g/mol. The maximum absolute atomic E-state index is 13.4. The first-order chi connectivity index (χ1) is 11.2. The molecule has 5 nitrogen and oxygen atoms in total. The van der Waals surface area contributed by atoms with Gasteiger partial charge in [0.05, 0.1) is 23.1 Å². The van der Waals surface area contributed by atoms with Gasteiger partial charge in [-0.25, -0.2) is 22.2 Å². The van der Waals surface area contributed by atoms with Gasteiger partial charge in [0, 0.05) is 10.4 Å². The summed E-state index contributed by atoms with van der Waals surface area (Å²) < 4.78 is 49.3. The van der Waals surface area contributed by atoms with Crippen LogP contribution in [0.1, 0.15) is 11.3 Å². The van der Waals surface area contributed by atoms with Crippen LogP contribution >= 0.6 is 11.3 Å². The molecule has 0 bridgehead atoms. The first-order valence-electron chi connectivity index (χ1n) is 7.19. The molecule has 1 atom stereocenters. The Kier molecular flexibility index (Phi) is 4.39. The number of thiazole rings is 1. The number of rotatable bonds is 3. The number of halogens is 2. The van der Waals surface area contributed by atoms with Crippen LogP contribution in [0.2, 0.25) is 0 Å². The van der Waals surface area contributed by atoms with Crippen molar-refractivity contribution in [2.24, 2.45) is 5.92 Å². The molecule has 1 saturated heterocycles. The summed E-state index contributed by atoms with van der Waals surface area (Å²) in [6.45, 7) is 1.75. The van der Waals surface area contributed by atoms with Crippen molar-refractivity contribution in [2.75, 3.05) is 16.8 Å². The summed E-state index contributed by atoms with van der Waals surface area (Å²) in [5, 5.41) is 2.92. The fraction of sp³-hybridized carbons (Fsp3) is 0.333. The fourth-order valence-corrected chi connectivity index (χ4v) is 5.15. The van der Waals surface area contributed by atoms with Crippen LogP contribution in [0.25, 0.3) is 11.3 Å². The molecule has 0 radical (unpaired) electrons. The zero-order chi connectivity index (χ0) is 17.5. The second-order valence-corrected chi connectivity index (χ2v) is 9.07. The predicted molar refractivity (Wildman–Crippen MR) is 87.6 cm³/mol. The zero-order valence-electron chi connectivity index (χ0n) is 12.7. The average Bonchev–Trinajstić information content (AvgIpc) is 3.04. The lowest BCUT2D eigenvalue weighted by atomic mass is 10.1. The number of nitrogens with zero attached hydrogens (tertiary/aromatic N) is 1. The maximum atomic E-state index is 13.4. The lowest BCUT2D eigenvalue weighted by Gasteiger charge is -2.06. The van der Waals surface area contributed by atoms with Gasteiger partial charge >= 0.3 is 0 Å². The highest BCUT2D eigenvalue weighted by Crippen LogP contribution is 2.31. The summed E-state index contributed by atoms with van der Waals surface area (Å²) in [5.41, 5.74) is 0.861. The molecule has 0 saturated carbocycles. The number of aromatic nitrogens is 1. The third-order valence-corrected chi connectivity index (χ3v) is 6.48. The molecule has 0 aliphatic carbocycles. The highest BCUT2D eigenvalue weighted by atomic mass is 32.2. The number of benzene rings is 1. The van der Waals surface area contributed by atoms with Crippen LogP contribution in [-0.4, -0.2) is 30.8 Å². The number of amides is 1. The van der Waals surface area contributed by atoms with Crippen LogP contribution in [0, 0.1) is 24.5 Å². The molecular weight excluding hydrogens is 358 g/mol. The van der Waals surface area contributed by atoms with E-state index in [1.165, 1.54) is 17.4 Å². The molecule has 9 heteroatoms. The molecule has 0 unspecified atom stereocenters. The molecule has 1 amide bonds. The molecule has 2 aromatic rings. The molecule has 1 aromatic heterocycles. The normalized spacial score (nSPS) is 19.4. The Morgan fingerprint density at radius 2 is 2.08 bits per heavy atom. The second-order valence-electron chi connectivity index (χ2n) is 5.64. The van der Waals surface area contributed by atoms with Gasteiger partial charge in [0.1, 0.15) is 0 Å². The van der Waals surface area contributed by atoms with Crippen molar-refractivity contribution in [3.8, 4) is 11.3 Å². The molecule has 3 rings (SSSR count). The van der Waals surface area contributed by atoms with E-state index in [4.69, 9.17) is 0 Å². The lowest BCUT2D eigenvalue weighted by molar-refractivity contribution is -0.119. The molecule has 1 N–H and O–H groups in total. The number of anilines is 1. The minimum absolute atomic E-state index is 0.0160. The number of hydrogen-bond acceptors (Lipinski definition) is 5. The Morgan fingerprint density at radius 1 is 1.33 bits per heavy atom. The van der Waals surface area contributed by atoms with Crippen LogP contribution in [0.5, 0.6) is 0 Å². The van der Waals surface area contributed by atoms with Crippen LogP contribution in [-0.2, 0) is 14.6 Å². The van der Waals surface area contributed by atoms with Gasteiger partial charge in [-0.05, 0) is 31.5 Å². The van der Waals surface area contributed by atoms with Crippen LogP contribution in [0.3, 0.4) is 0 Å². The average molecular weight is 372 g/mol. The van der Waals surface area contributed by atoms with E-state index >= 15 is 0 Å². The van der Waals surface area contributed by atoms with E-state index in [9.17, 15) is 22.0 Å². The van der Waals surface area contributed by atoms with Crippen molar-refractivity contribution in [3.05, 3.63) is 34.7 Å². The number of nitrogens with one attached hydrogen (secondary N) is 1. The molecule has 1 fully saturated rings. The second kappa shape index (κ2) is 6.21. The fourth-order valence-electron chi connectivity index (χ4n) is 2.57. The van der Waals surface area contributed by atoms with Gasteiger partial charge < -0.3 is 5.32 Å².